The van der Waals surface area contributed by atoms with E-state index in [9.17, 15) is 0 Å². The number of aliphatic hydroxyl groups is 1. The Morgan fingerprint density at radius 1 is 1.58 bits per heavy atom. The molecule has 0 fully saturated rings. The van der Waals surface area contributed by atoms with Gasteiger partial charge in [0.05, 0.1) is 19.9 Å². The van der Waals surface area contributed by atoms with Gasteiger partial charge in [-0.25, -0.2) is 0 Å². The van der Waals surface area contributed by atoms with E-state index in [1.165, 1.54) is 7.11 Å². The molecule has 0 saturated carbocycles. The maximum Gasteiger partial charge on any atom is 0.184 e. The Balaban J connectivity index is 2.95. The molecule has 0 aliphatic carbocycles. The van der Waals surface area contributed by atoms with Gasteiger partial charge >= 0.3 is 0 Å². The summed E-state index contributed by atoms with van der Waals surface area (Å²) < 4.78 is 11.3. The van der Waals surface area contributed by atoms with Gasteiger partial charge in [-0.3, -0.25) is 5.43 Å². The third-order valence-electron chi connectivity index (χ3n) is 2.01. The summed E-state index contributed by atoms with van der Waals surface area (Å²) in [6.45, 7) is 0.126. The third-order valence-corrected chi connectivity index (χ3v) is 2.79. The number of aliphatic hydroxyl groups excluding tert-OH is 1. The molecule has 19 heavy (non-hydrogen) atoms. The Labute approximate surface area is 124 Å². The molecule has 0 aliphatic heterocycles. The highest BCUT2D eigenvalue weighted by molar-refractivity contribution is 9.10. The molecular formula is C11H14BrN3O3S. The Bertz CT molecular complexity index is 482. The van der Waals surface area contributed by atoms with Crippen LogP contribution in [0.25, 0.3) is 0 Å². The molecule has 1 rings (SSSR count). The van der Waals surface area contributed by atoms with Crippen molar-refractivity contribution >= 4 is 39.5 Å². The SMILES string of the molecule is COc1cc(/C=N/NC(N)=S)c(Br)cc1OCCO. The second kappa shape index (κ2) is 7.93. The standard InChI is InChI=1S/C11H14BrN3O3S/c1-17-9-4-7(6-14-15-11(13)19)8(12)5-10(9)18-3-2-16/h4-6,16H,2-3H2,1H3,(H3,13,15,19)/b14-6+. The van der Waals surface area contributed by atoms with E-state index in [1.807, 2.05) is 0 Å². The number of nitrogens with one attached hydrogen (secondary N) is 1. The largest absolute Gasteiger partial charge is 0.493 e. The van der Waals surface area contributed by atoms with Crippen LogP contribution in [0.4, 0.5) is 0 Å². The lowest BCUT2D eigenvalue weighted by Crippen LogP contribution is -2.24. The zero-order valence-electron chi connectivity index (χ0n) is 10.2. The minimum atomic E-state index is -0.0676. The van der Waals surface area contributed by atoms with Crippen LogP contribution in [-0.2, 0) is 0 Å². The molecular weight excluding hydrogens is 334 g/mol. The van der Waals surface area contributed by atoms with Gasteiger partial charge in [0.1, 0.15) is 6.61 Å². The van der Waals surface area contributed by atoms with Crippen LogP contribution in [0, 0.1) is 0 Å². The molecule has 0 saturated heterocycles. The zero-order chi connectivity index (χ0) is 14.3. The van der Waals surface area contributed by atoms with Crippen LogP contribution >= 0.6 is 28.1 Å². The molecule has 4 N–H and O–H groups in total. The van der Waals surface area contributed by atoms with Crippen LogP contribution < -0.4 is 20.6 Å². The fourth-order valence-corrected chi connectivity index (χ4v) is 1.72. The average Bonchev–Trinajstić information content (AvgIpc) is 2.38. The van der Waals surface area contributed by atoms with E-state index in [4.69, 9.17) is 20.3 Å². The summed E-state index contributed by atoms with van der Waals surface area (Å²) in [6.07, 6.45) is 1.54. The maximum atomic E-state index is 8.75. The van der Waals surface area contributed by atoms with Gasteiger partial charge in [-0.15, -0.1) is 0 Å². The molecule has 0 atom stereocenters. The van der Waals surface area contributed by atoms with Crippen LogP contribution in [0.1, 0.15) is 5.56 Å². The van der Waals surface area contributed by atoms with Crippen molar-refractivity contribution in [2.45, 2.75) is 0 Å². The van der Waals surface area contributed by atoms with Crippen molar-refractivity contribution in [3.63, 3.8) is 0 Å². The van der Waals surface area contributed by atoms with E-state index >= 15 is 0 Å². The van der Waals surface area contributed by atoms with Gasteiger partial charge in [-0.1, -0.05) is 0 Å². The van der Waals surface area contributed by atoms with Crippen molar-refractivity contribution in [2.24, 2.45) is 10.8 Å². The van der Waals surface area contributed by atoms with Gasteiger partial charge in [-0.05, 0) is 40.3 Å². The molecule has 1 aromatic rings. The molecule has 104 valence electrons. The van der Waals surface area contributed by atoms with E-state index in [0.29, 0.717) is 11.5 Å². The summed E-state index contributed by atoms with van der Waals surface area (Å²) >= 11 is 8.02. The number of hydrogen-bond acceptors (Lipinski definition) is 5. The van der Waals surface area contributed by atoms with Crippen molar-refractivity contribution in [3.05, 3.63) is 22.2 Å². The second-order valence-electron chi connectivity index (χ2n) is 3.33. The summed E-state index contributed by atoms with van der Waals surface area (Å²) in [6, 6.07) is 3.47. The Hall–Kier alpha value is -1.38. The predicted molar refractivity (Wildman–Crippen MR) is 80.8 cm³/mol. The molecule has 0 heterocycles. The van der Waals surface area contributed by atoms with Crippen molar-refractivity contribution in [1.29, 1.82) is 0 Å². The number of nitrogens with zero attached hydrogens (tertiary/aromatic N) is 1. The van der Waals surface area contributed by atoms with Gasteiger partial charge in [0.25, 0.3) is 0 Å². The van der Waals surface area contributed by atoms with E-state index in [2.05, 4.69) is 38.7 Å². The maximum absolute atomic E-state index is 8.75. The van der Waals surface area contributed by atoms with Crippen molar-refractivity contribution in [1.82, 2.24) is 5.43 Å². The minimum absolute atomic E-state index is 0.0676. The molecule has 0 bridgehead atoms. The average molecular weight is 348 g/mol. The monoisotopic (exact) mass is 347 g/mol. The van der Waals surface area contributed by atoms with Crippen molar-refractivity contribution in [2.75, 3.05) is 20.3 Å². The highest BCUT2D eigenvalue weighted by Gasteiger charge is 2.09. The summed E-state index contributed by atoms with van der Waals surface area (Å²) in [7, 11) is 1.53. The summed E-state index contributed by atoms with van der Waals surface area (Å²) in [5.41, 5.74) is 8.48. The van der Waals surface area contributed by atoms with Crippen LogP contribution in [0.5, 0.6) is 11.5 Å². The number of benzene rings is 1. The minimum Gasteiger partial charge on any atom is -0.493 e. The van der Waals surface area contributed by atoms with Crippen LogP contribution in [0.3, 0.4) is 0 Å². The van der Waals surface area contributed by atoms with Gasteiger partial charge in [0.15, 0.2) is 16.6 Å². The molecule has 0 spiro atoms. The molecule has 0 amide bonds. The number of hydrazone groups is 1. The first kappa shape index (κ1) is 15.7. The number of nitrogens with two attached hydrogens (primary N) is 1. The Morgan fingerprint density at radius 2 is 2.32 bits per heavy atom. The quantitative estimate of drug-likeness (QED) is 0.404. The van der Waals surface area contributed by atoms with E-state index in [0.717, 1.165) is 10.0 Å². The first-order valence-electron chi connectivity index (χ1n) is 5.28. The van der Waals surface area contributed by atoms with Crippen LogP contribution in [-0.4, -0.2) is 36.8 Å². The lowest BCUT2D eigenvalue weighted by Gasteiger charge is -2.11. The highest BCUT2D eigenvalue weighted by atomic mass is 79.9. The first-order chi connectivity index (χ1) is 9.08. The van der Waals surface area contributed by atoms with Crippen LogP contribution in [0.15, 0.2) is 21.7 Å². The summed E-state index contributed by atoms with van der Waals surface area (Å²) in [5, 5.41) is 12.7. The molecule has 8 heteroatoms. The Morgan fingerprint density at radius 3 is 2.89 bits per heavy atom. The fraction of sp³-hybridized carbons (Fsp3) is 0.273. The van der Waals surface area contributed by atoms with Gasteiger partial charge in [0, 0.05) is 10.0 Å². The number of halogens is 1. The smallest absolute Gasteiger partial charge is 0.184 e. The van der Waals surface area contributed by atoms with Gasteiger partial charge in [-0.2, -0.15) is 5.10 Å². The van der Waals surface area contributed by atoms with E-state index in [1.54, 1.807) is 18.3 Å². The number of ether oxygens (including phenoxy) is 2. The van der Waals surface area contributed by atoms with Gasteiger partial charge < -0.3 is 20.3 Å². The van der Waals surface area contributed by atoms with E-state index < -0.39 is 0 Å². The van der Waals surface area contributed by atoms with Crippen molar-refractivity contribution in [3.8, 4) is 11.5 Å². The fourth-order valence-electron chi connectivity index (χ4n) is 1.24. The zero-order valence-corrected chi connectivity index (χ0v) is 12.6. The molecule has 0 radical (unpaired) electrons. The number of hydrogen-bond donors (Lipinski definition) is 3. The number of rotatable bonds is 6. The van der Waals surface area contributed by atoms with Crippen molar-refractivity contribution < 1.29 is 14.6 Å². The summed E-state index contributed by atoms with van der Waals surface area (Å²) in [5.74, 6) is 1.07. The molecule has 0 unspecified atom stereocenters. The summed E-state index contributed by atoms with van der Waals surface area (Å²) in [4.78, 5) is 0. The topological polar surface area (TPSA) is 89.1 Å². The number of thiocarbonyl (C=S) groups is 1. The number of methoxy groups -OCH3 is 1. The third kappa shape index (κ3) is 5.01. The molecule has 0 aliphatic rings. The normalized spacial score (nSPS) is 10.5. The molecule has 0 aromatic heterocycles. The van der Waals surface area contributed by atoms with E-state index in [-0.39, 0.29) is 18.3 Å². The predicted octanol–water partition coefficient (Wildman–Crippen LogP) is 0.996. The molecule has 6 nitrogen and oxygen atoms in total. The Kier molecular flexibility index (Phi) is 6.54. The highest BCUT2D eigenvalue weighted by Crippen LogP contribution is 2.32. The lowest BCUT2D eigenvalue weighted by molar-refractivity contribution is 0.196. The second-order valence-corrected chi connectivity index (χ2v) is 4.63. The first-order valence-corrected chi connectivity index (χ1v) is 6.48. The van der Waals surface area contributed by atoms with Crippen LogP contribution in [0.2, 0.25) is 0 Å². The van der Waals surface area contributed by atoms with Gasteiger partial charge in [0.2, 0.25) is 0 Å². The lowest BCUT2D eigenvalue weighted by atomic mass is 10.2. The molecule has 1 aromatic carbocycles.